The van der Waals surface area contributed by atoms with E-state index in [0.717, 1.165) is 25.7 Å². The number of esters is 2. The highest BCUT2D eigenvalue weighted by Crippen LogP contribution is 2.23. The topological polar surface area (TPSA) is 61.8 Å². The molecule has 1 atom stereocenters. The van der Waals surface area contributed by atoms with Crippen LogP contribution in [0.2, 0.25) is 0 Å². The zero-order valence-electron chi connectivity index (χ0n) is 21.7. The number of hydrogen-bond donors (Lipinski definition) is 0. The Bertz CT molecular complexity index is 616. The number of rotatable bonds is 22. The van der Waals surface area contributed by atoms with Gasteiger partial charge in [0.25, 0.3) is 0 Å². The van der Waals surface area contributed by atoms with Crippen molar-refractivity contribution in [1.82, 2.24) is 0 Å². The fourth-order valence-corrected chi connectivity index (χ4v) is 4.07. The highest BCUT2D eigenvalue weighted by atomic mass is 16.5. The molecule has 0 heterocycles. The summed E-state index contributed by atoms with van der Waals surface area (Å²) in [5, 5.41) is 0. The van der Waals surface area contributed by atoms with Crippen molar-refractivity contribution in [2.75, 3.05) is 26.9 Å². The van der Waals surface area contributed by atoms with E-state index in [2.05, 4.69) is 19.1 Å². The quantitative estimate of drug-likeness (QED) is 0.129. The van der Waals surface area contributed by atoms with Gasteiger partial charge in [-0.3, -0.25) is 9.59 Å². The minimum Gasteiger partial charge on any atom is -0.466 e. The Morgan fingerprint density at radius 3 is 1.79 bits per heavy atom. The molecule has 0 radical (unpaired) electrons. The van der Waals surface area contributed by atoms with Gasteiger partial charge in [0.15, 0.2) is 0 Å². The van der Waals surface area contributed by atoms with E-state index in [4.69, 9.17) is 14.2 Å². The van der Waals surface area contributed by atoms with Gasteiger partial charge in [0.2, 0.25) is 0 Å². The molecule has 5 heteroatoms. The van der Waals surface area contributed by atoms with Crippen LogP contribution in [-0.4, -0.2) is 38.9 Å². The summed E-state index contributed by atoms with van der Waals surface area (Å²) in [5.74, 6) is -0.164. The monoisotopic (exact) mass is 476 g/mol. The van der Waals surface area contributed by atoms with Gasteiger partial charge in [-0.2, -0.15) is 0 Å². The molecule has 0 aliphatic carbocycles. The zero-order chi connectivity index (χ0) is 24.7. The summed E-state index contributed by atoms with van der Waals surface area (Å²) in [4.78, 5) is 23.9. The van der Waals surface area contributed by atoms with Crippen molar-refractivity contribution >= 4 is 11.9 Å². The average Bonchev–Trinajstić information content (AvgIpc) is 2.85. The number of carbonyl (C=O) groups is 2. The second kappa shape index (κ2) is 21.6. The summed E-state index contributed by atoms with van der Waals surface area (Å²) in [5.41, 5.74) is 1.24. The first-order valence-electron chi connectivity index (χ1n) is 13.5. The maximum atomic E-state index is 12.0. The molecule has 0 amide bonds. The third kappa shape index (κ3) is 16.7. The SMILES string of the molecule is CCCCCCCCCCCCOC(=O)CCCC(=O)OCCC(CCOC)c1ccccc1. The van der Waals surface area contributed by atoms with E-state index < -0.39 is 0 Å². The van der Waals surface area contributed by atoms with Crippen molar-refractivity contribution < 1.29 is 23.8 Å². The molecule has 0 saturated carbocycles. The Morgan fingerprint density at radius 2 is 1.21 bits per heavy atom. The van der Waals surface area contributed by atoms with E-state index in [-0.39, 0.29) is 24.8 Å². The van der Waals surface area contributed by atoms with E-state index >= 15 is 0 Å². The molecule has 0 saturated heterocycles. The molecular weight excluding hydrogens is 428 g/mol. The van der Waals surface area contributed by atoms with Crippen molar-refractivity contribution in [3.05, 3.63) is 35.9 Å². The van der Waals surface area contributed by atoms with Gasteiger partial charge in [0.05, 0.1) is 13.2 Å². The predicted molar refractivity (Wildman–Crippen MR) is 138 cm³/mol. The first-order chi connectivity index (χ1) is 16.7. The number of hydrogen-bond acceptors (Lipinski definition) is 5. The van der Waals surface area contributed by atoms with Crippen LogP contribution in [0.4, 0.5) is 0 Å². The number of benzene rings is 1. The Balaban J connectivity index is 2.01. The fraction of sp³-hybridized carbons (Fsp3) is 0.724. The maximum absolute atomic E-state index is 12.0. The van der Waals surface area contributed by atoms with Crippen LogP contribution in [0.25, 0.3) is 0 Å². The maximum Gasteiger partial charge on any atom is 0.305 e. The summed E-state index contributed by atoms with van der Waals surface area (Å²) < 4.78 is 15.9. The molecule has 0 spiro atoms. The second-order valence-electron chi connectivity index (χ2n) is 9.15. The predicted octanol–water partition coefficient (Wildman–Crippen LogP) is 7.37. The van der Waals surface area contributed by atoms with Gasteiger partial charge in [-0.1, -0.05) is 95.0 Å². The van der Waals surface area contributed by atoms with E-state index in [1.165, 1.54) is 56.9 Å². The molecule has 5 nitrogen and oxygen atoms in total. The number of methoxy groups -OCH3 is 1. The molecule has 0 bridgehead atoms. The molecule has 0 aromatic heterocycles. The standard InChI is InChI=1S/C29H48O5/c1-3-4-5-6-7-8-9-10-11-15-23-33-28(30)19-16-20-29(31)34-25-22-27(21-24-32-2)26-17-13-12-14-18-26/h12-14,17-18,27H,3-11,15-16,19-25H2,1-2H3. The Labute approximate surface area is 207 Å². The van der Waals surface area contributed by atoms with Crippen molar-refractivity contribution in [3.8, 4) is 0 Å². The van der Waals surface area contributed by atoms with Crippen molar-refractivity contribution in [1.29, 1.82) is 0 Å². The highest BCUT2D eigenvalue weighted by molar-refractivity contribution is 5.72. The number of unbranched alkanes of at least 4 members (excludes halogenated alkanes) is 9. The van der Waals surface area contributed by atoms with Gasteiger partial charge < -0.3 is 14.2 Å². The minimum atomic E-state index is -0.249. The lowest BCUT2D eigenvalue weighted by atomic mass is 9.93. The second-order valence-corrected chi connectivity index (χ2v) is 9.15. The normalized spacial score (nSPS) is 11.8. The molecule has 1 aromatic rings. The summed E-state index contributed by atoms with van der Waals surface area (Å²) in [6, 6.07) is 10.2. The molecule has 1 rings (SSSR count). The van der Waals surface area contributed by atoms with Gasteiger partial charge in [0.1, 0.15) is 0 Å². The van der Waals surface area contributed by atoms with Crippen LogP contribution in [0.1, 0.15) is 115 Å². The molecule has 0 aliphatic heterocycles. The summed E-state index contributed by atoms with van der Waals surface area (Å²) in [6.45, 7) is 3.79. The van der Waals surface area contributed by atoms with Gasteiger partial charge in [0, 0.05) is 26.6 Å². The Morgan fingerprint density at radius 1 is 0.676 bits per heavy atom. The van der Waals surface area contributed by atoms with E-state index in [1.54, 1.807) is 7.11 Å². The van der Waals surface area contributed by atoms with E-state index in [1.807, 2.05) is 18.2 Å². The zero-order valence-corrected chi connectivity index (χ0v) is 21.7. The smallest absolute Gasteiger partial charge is 0.305 e. The van der Waals surface area contributed by atoms with Gasteiger partial charge in [-0.15, -0.1) is 0 Å². The molecule has 1 aromatic carbocycles. The molecular formula is C29H48O5. The van der Waals surface area contributed by atoms with Crippen LogP contribution in [-0.2, 0) is 23.8 Å². The highest BCUT2D eigenvalue weighted by Gasteiger charge is 2.13. The van der Waals surface area contributed by atoms with Crippen molar-refractivity contribution in [2.24, 2.45) is 0 Å². The van der Waals surface area contributed by atoms with Crippen LogP contribution < -0.4 is 0 Å². The molecule has 34 heavy (non-hydrogen) atoms. The van der Waals surface area contributed by atoms with Crippen LogP contribution in [0.5, 0.6) is 0 Å². The van der Waals surface area contributed by atoms with Crippen molar-refractivity contribution in [2.45, 2.75) is 109 Å². The number of ether oxygens (including phenoxy) is 3. The van der Waals surface area contributed by atoms with Gasteiger partial charge in [-0.25, -0.2) is 0 Å². The summed E-state index contributed by atoms with van der Waals surface area (Å²) >= 11 is 0. The molecule has 0 aliphatic rings. The third-order valence-electron chi connectivity index (χ3n) is 6.19. The van der Waals surface area contributed by atoms with Crippen molar-refractivity contribution in [3.63, 3.8) is 0 Å². The van der Waals surface area contributed by atoms with Crippen LogP contribution in [0.3, 0.4) is 0 Å². The Hall–Kier alpha value is -1.88. The minimum absolute atomic E-state index is 0.215. The average molecular weight is 477 g/mol. The lowest BCUT2D eigenvalue weighted by molar-refractivity contribution is -0.145. The van der Waals surface area contributed by atoms with E-state index in [9.17, 15) is 9.59 Å². The van der Waals surface area contributed by atoms with Crippen LogP contribution >= 0.6 is 0 Å². The first kappa shape index (κ1) is 30.2. The third-order valence-corrected chi connectivity index (χ3v) is 6.19. The Kier molecular flexibility index (Phi) is 19.2. The lowest BCUT2D eigenvalue weighted by Crippen LogP contribution is -2.12. The summed E-state index contributed by atoms with van der Waals surface area (Å²) in [6.07, 6.45) is 15.2. The molecule has 0 fully saturated rings. The lowest BCUT2D eigenvalue weighted by Gasteiger charge is -2.17. The fourth-order valence-electron chi connectivity index (χ4n) is 4.07. The first-order valence-corrected chi connectivity index (χ1v) is 13.5. The van der Waals surface area contributed by atoms with Gasteiger partial charge >= 0.3 is 11.9 Å². The summed E-state index contributed by atoms with van der Waals surface area (Å²) in [7, 11) is 1.70. The van der Waals surface area contributed by atoms with E-state index in [0.29, 0.717) is 32.2 Å². The largest absolute Gasteiger partial charge is 0.466 e. The molecule has 194 valence electrons. The number of carbonyl (C=O) groups excluding carboxylic acids is 2. The van der Waals surface area contributed by atoms with Crippen LogP contribution in [0.15, 0.2) is 30.3 Å². The molecule has 0 N–H and O–H groups in total. The molecule has 1 unspecified atom stereocenters. The van der Waals surface area contributed by atoms with Crippen LogP contribution in [0, 0.1) is 0 Å². The van der Waals surface area contributed by atoms with Gasteiger partial charge in [-0.05, 0) is 37.2 Å².